The molecule has 1 aromatic heterocycles. The lowest BCUT2D eigenvalue weighted by Gasteiger charge is -2.07. The number of rotatable bonds is 3. The van der Waals surface area contributed by atoms with Crippen LogP contribution in [0.25, 0.3) is 0 Å². The van der Waals surface area contributed by atoms with E-state index in [1.54, 1.807) is 5.32 Å². The maximum atomic E-state index is 13.3. The van der Waals surface area contributed by atoms with Gasteiger partial charge in [0, 0.05) is 6.07 Å². The summed E-state index contributed by atoms with van der Waals surface area (Å²) in [6, 6.07) is 1.83. The molecule has 5 nitrogen and oxygen atoms in total. The molecule has 0 fully saturated rings. The second-order valence-electron chi connectivity index (χ2n) is 3.77. The minimum Gasteiger partial charge on any atom is -0.475 e. The Kier molecular flexibility index (Phi) is 3.66. The van der Waals surface area contributed by atoms with Gasteiger partial charge in [-0.2, -0.15) is 0 Å². The molecule has 1 heterocycles. The van der Waals surface area contributed by atoms with Crippen molar-refractivity contribution in [3.63, 3.8) is 0 Å². The van der Waals surface area contributed by atoms with Crippen molar-refractivity contribution in [3.05, 3.63) is 53.0 Å². The number of carbonyl (C=O) groups is 2. The Balaban J connectivity index is 2.33. The summed E-state index contributed by atoms with van der Waals surface area (Å²) in [4.78, 5) is 22.1. The monoisotopic (exact) mass is 303 g/mol. The van der Waals surface area contributed by atoms with Crippen molar-refractivity contribution in [1.29, 1.82) is 0 Å². The summed E-state index contributed by atoms with van der Waals surface area (Å²) >= 11 is 0. The highest BCUT2D eigenvalue weighted by molar-refractivity contribution is 6.03. The molecule has 0 bridgehead atoms. The number of nitrogens with one attached hydrogen (secondary N) is 1. The van der Waals surface area contributed by atoms with Crippen molar-refractivity contribution < 1.29 is 36.7 Å². The number of furan rings is 1. The van der Waals surface area contributed by atoms with Crippen LogP contribution in [-0.4, -0.2) is 17.0 Å². The number of carboxylic acids is 1. The second-order valence-corrected chi connectivity index (χ2v) is 3.77. The minimum absolute atomic E-state index is 0.0181. The number of hydrogen-bond acceptors (Lipinski definition) is 3. The third-order valence-electron chi connectivity index (χ3n) is 2.39. The van der Waals surface area contributed by atoms with Crippen molar-refractivity contribution in [2.45, 2.75) is 0 Å². The van der Waals surface area contributed by atoms with Crippen LogP contribution in [0.15, 0.2) is 22.6 Å². The molecule has 9 heteroatoms. The third-order valence-corrected chi connectivity index (χ3v) is 2.39. The molecule has 0 aliphatic heterocycles. The fourth-order valence-electron chi connectivity index (χ4n) is 1.43. The number of carboxylic acid groups (broad SMARTS) is 1. The Morgan fingerprint density at radius 2 is 1.52 bits per heavy atom. The van der Waals surface area contributed by atoms with E-state index >= 15 is 0 Å². The molecule has 2 rings (SSSR count). The molecule has 1 aromatic carbocycles. The van der Waals surface area contributed by atoms with Gasteiger partial charge in [-0.1, -0.05) is 0 Å². The van der Waals surface area contributed by atoms with Crippen LogP contribution in [-0.2, 0) is 0 Å². The Labute approximate surface area is 113 Å². The van der Waals surface area contributed by atoms with Crippen molar-refractivity contribution in [1.82, 2.24) is 0 Å². The molecule has 0 radical (unpaired) electrons. The number of carbonyl (C=O) groups excluding carboxylic acids is 1. The zero-order valence-corrected chi connectivity index (χ0v) is 9.92. The maximum Gasteiger partial charge on any atom is 0.371 e. The summed E-state index contributed by atoms with van der Waals surface area (Å²) in [6.45, 7) is 0. The molecule has 2 N–H and O–H groups in total. The average Bonchev–Trinajstić information content (AvgIpc) is 2.91. The van der Waals surface area contributed by atoms with Crippen molar-refractivity contribution in [3.8, 4) is 0 Å². The standard InChI is InChI=1S/C12H5F4NO4/c13-4-3-5(14)9(16)10(8(4)15)17-11(18)6-1-2-7(21-6)12(19)20/h1-3H,(H,17,18)(H,19,20). The van der Waals surface area contributed by atoms with Crippen LogP contribution in [0.1, 0.15) is 21.1 Å². The van der Waals surface area contributed by atoms with Crippen LogP contribution in [0.4, 0.5) is 23.2 Å². The number of benzene rings is 1. The van der Waals surface area contributed by atoms with Gasteiger partial charge < -0.3 is 14.8 Å². The van der Waals surface area contributed by atoms with E-state index in [0.29, 0.717) is 0 Å². The normalized spacial score (nSPS) is 10.5. The van der Waals surface area contributed by atoms with Gasteiger partial charge in [-0.05, 0) is 12.1 Å². The molecule has 2 aromatic rings. The van der Waals surface area contributed by atoms with Crippen LogP contribution in [0.5, 0.6) is 0 Å². The average molecular weight is 303 g/mol. The van der Waals surface area contributed by atoms with Crippen molar-refractivity contribution in [2.75, 3.05) is 5.32 Å². The first kappa shape index (κ1) is 14.6. The van der Waals surface area contributed by atoms with E-state index in [9.17, 15) is 27.2 Å². The van der Waals surface area contributed by atoms with E-state index < -0.39 is 52.4 Å². The summed E-state index contributed by atoms with van der Waals surface area (Å²) in [7, 11) is 0. The van der Waals surface area contributed by atoms with E-state index in [1.165, 1.54) is 0 Å². The first-order valence-corrected chi connectivity index (χ1v) is 5.28. The lowest BCUT2D eigenvalue weighted by molar-refractivity contribution is 0.0660. The van der Waals surface area contributed by atoms with Gasteiger partial charge in [0.25, 0.3) is 5.91 Å². The molecule has 1 amide bonds. The maximum absolute atomic E-state index is 13.3. The number of aromatic carboxylic acids is 1. The minimum atomic E-state index is -1.80. The van der Waals surface area contributed by atoms with Gasteiger partial charge in [0.1, 0.15) is 5.69 Å². The summed E-state index contributed by atoms with van der Waals surface area (Å²) in [5.41, 5.74) is -1.34. The Morgan fingerprint density at radius 1 is 1.00 bits per heavy atom. The van der Waals surface area contributed by atoms with E-state index in [2.05, 4.69) is 4.42 Å². The molecule has 110 valence electrons. The molecule has 0 spiro atoms. The highest BCUT2D eigenvalue weighted by atomic mass is 19.2. The van der Waals surface area contributed by atoms with E-state index in [1.807, 2.05) is 0 Å². The molecular weight excluding hydrogens is 298 g/mol. The van der Waals surface area contributed by atoms with Gasteiger partial charge in [-0.25, -0.2) is 22.4 Å². The smallest absolute Gasteiger partial charge is 0.371 e. The van der Waals surface area contributed by atoms with E-state index in [4.69, 9.17) is 5.11 Å². The quantitative estimate of drug-likeness (QED) is 0.675. The van der Waals surface area contributed by atoms with E-state index in [0.717, 1.165) is 12.1 Å². The fourth-order valence-corrected chi connectivity index (χ4v) is 1.43. The van der Waals surface area contributed by atoms with Gasteiger partial charge in [0.05, 0.1) is 0 Å². The molecule has 0 unspecified atom stereocenters. The highest BCUT2D eigenvalue weighted by Gasteiger charge is 2.23. The Bertz CT molecular complexity index is 715. The largest absolute Gasteiger partial charge is 0.475 e. The SMILES string of the molecule is O=C(O)c1ccc(C(=O)Nc2c(F)c(F)cc(F)c2F)o1. The summed E-state index contributed by atoms with van der Waals surface area (Å²) in [6.07, 6.45) is 0. The first-order chi connectivity index (χ1) is 9.81. The van der Waals surface area contributed by atoms with Crippen LogP contribution in [0.2, 0.25) is 0 Å². The third kappa shape index (κ3) is 2.71. The van der Waals surface area contributed by atoms with E-state index in [-0.39, 0.29) is 6.07 Å². The molecule has 0 aliphatic carbocycles. The van der Waals surface area contributed by atoms with Crippen molar-refractivity contribution in [2.24, 2.45) is 0 Å². The lowest BCUT2D eigenvalue weighted by Crippen LogP contribution is -2.15. The Morgan fingerprint density at radius 3 is 2.00 bits per heavy atom. The van der Waals surface area contributed by atoms with Crippen LogP contribution in [0.3, 0.4) is 0 Å². The molecule has 0 saturated carbocycles. The van der Waals surface area contributed by atoms with Gasteiger partial charge in [0.15, 0.2) is 29.0 Å². The van der Waals surface area contributed by atoms with Gasteiger partial charge in [0.2, 0.25) is 5.76 Å². The van der Waals surface area contributed by atoms with Crippen LogP contribution >= 0.6 is 0 Å². The molecule has 21 heavy (non-hydrogen) atoms. The number of amides is 1. The molecule has 0 atom stereocenters. The highest BCUT2D eigenvalue weighted by Crippen LogP contribution is 2.24. The second kappa shape index (κ2) is 5.27. The summed E-state index contributed by atoms with van der Waals surface area (Å²) in [5.74, 6) is -10.9. The number of halogens is 4. The molecular formula is C12H5F4NO4. The molecule has 0 saturated heterocycles. The lowest BCUT2D eigenvalue weighted by atomic mass is 10.2. The van der Waals surface area contributed by atoms with Gasteiger partial charge >= 0.3 is 5.97 Å². The van der Waals surface area contributed by atoms with Gasteiger partial charge in [-0.3, -0.25) is 4.79 Å². The number of hydrogen-bond donors (Lipinski definition) is 2. The fraction of sp³-hybridized carbons (Fsp3) is 0. The van der Waals surface area contributed by atoms with Crippen LogP contribution in [0, 0.1) is 23.3 Å². The predicted octanol–water partition coefficient (Wildman–Crippen LogP) is 2.79. The number of anilines is 1. The van der Waals surface area contributed by atoms with Crippen LogP contribution < -0.4 is 5.32 Å². The Hall–Kier alpha value is -2.84. The van der Waals surface area contributed by atoms with Gasteiger partial charge in [-0.15, -0.1) is 0 Å². The zero-order chi connectivity index (χ0) is 15.7. The zero-order valence-electron chi connectivity index (χ0n) is 9.92. The topological polar surface area (TPSA) is 79.5 Å². The molecule has 0 aliphatic rings. The summed E-state index contributed by atoms with van der Waals surface area (Å²) in [5, 5.41) is 10.2. The first-order valence-electron chi connectivity index (χ1n) is 5.28. The predicted molar refractivity (Wildman–Crippen MR) is 59.9 cm³/mol. The summed E-state index contributed by atoms with van der Waals surface area (Å²) < 4.78 is 57.1. The van der Waals surface area contributed by atoms with Crippen molar-refractivity contribution >= 4 is 17.6 Å².